The van der Waals surface area contributed by atoms with Crippen molar-refractivity contribution >= 4 is 0 Å². The highest BCUT2D eigenvalue weighted by Gasteiger charge is 2.18. The molecule has 0 unspecified atom stereocenters. The second-order valence-corrected chi connectivity index (χ2v) is 2.91. The lowest BCUT2D eigenvalue weighted by Crippen LogP contribution is -2.20. The lowest BCUT2D eigenvalue weighted by Gasteiger charge is -2.19. The van der Waals surface area contributed by atoms with Crippen LogP contribution in [0.1, 0.15) is 18.4 Å². The van der Waals surface area contributed by atoms with E-state index in [0.29, 0.717) is 0 Å². The Morgan fingerprint density at radius 3 is 2.31 bits per heavy atom. The number of hydrogen-bond donors (Lipinski definition) is 1. The summed E-state index contributed by atoms with van der Waals surface area (Å²) in [6, 6.07) is 9.76. The first-order valence-electron chi connectivity index (χ1n) is 4.17. The van der Waals surface area contributed by atoms with Gasteiger partial charge in [0.1, 0.15) is 0 Å². The second-order valence-electron chi connectivity index (χ2n) is 2.91. The summed E-state index contributed by atoms with van der Waals surface area (Å²) in [5, 5.41) is 8.53. The van der Waals surface area contributed by atoms with Crippen LogP contribution in [0.15, 0.2) is 30.3 Å². The molecule has 0 radical (unpaired) electrons. The molecule has 72 valence electrons. The van der Waals surface area contributed by atoms with Crippen molar-refractivity contribution in [2.45, 2.75) is 19.1 Å². The lowest BCUT2D eigenvalue weighted by molar-refractivity contribution is -0.345. The molecule has 0 aliphatic carbocycles. The molecule has 0 spiro atoms. The summed E-state index contributed by atoms with van der Waals surface area (Å²) in [6.45, 7) is 1.93. The molecular formula is C10H14O3. The summed E-state index contributed by atoms with van der Waals surface area (Å²) in [7, 11) is 1.50. The minimum Gasteiger partial charge on any atom is -0.353 e. The topological polar surface area (TPSA) is 38.7 Å². The van der Waals surface area contributed by atoms with E-state index in [9.17, 15) is 0 Å². The van der Waals surface area contributed by atoms with Gasteiger partial charge in [0.15, 0.2) is 6.29 Å². The molecule has 1 rings (SSSR count). The quantitative estimate of drug-likeness (QED) is 0.441. The van der Waals surface area contributed by atoms with E-state index in [1.165, 1.54) is 7.11 Å². The minimum atomic E-state index is -0.609. The Kier molecular flexibility index (Phi) is 3.89. The van der Waals surface area contributed by atoms with Gasteiger partial charge in [-0.3, -0.25) is 0 Å². The average molecular weight is 182 g/mol. The predicted octanol–water partition coefficient (Wildman–Crippen LogP) is 2.25. The van der Waals surface area contributed by atoms with Crippen molar-refractivity contribution in [3.63, 3.8) is 0 Å². The van der Waals surface area contributed by atoms with Crippen molar-refractivity contribution in [3.05, 3.63) is 35.9 Å². The summed E-state index contributed by atoms with van der Waals surface area (Å²) in [4.78, 5) is 4.19. The number of rotatable bonds is 4. The maximum atomic E-state index is 8.53. The Balaban J connectivity index is 2.72. The van der Waals surface area contributed by atoms with Crippen molar-refractivity contribution in [2.75, 3.05) is 7.11 Å². The summed E-state index contributed by atoms with van der Waals surface area (Å²) in [6.07, 6.45) is -0.609. The summed E-state index contributed by atoms with van der Waals surface area (Å²) >= 11 is 0. The van der Waals surface area contributed by atoms with Gasteiger partial charge < -0.3 is 4.74 Å². The summed E-state index contributed by atoms with van der Waals surface area (Å²) < 4.78 is 4.94. The largest absolute Gasteiger partial charge is 0.353 e. The highest BCUT2D eigenvalue weighted by Crippen LogP contribution is 2.20. The first kappa shape index (κ1) is 10.2. The predicted molar refractivity (Wildman–Crippen MR) is 49.4 cm³/mol. The monoisotopic (exact) mass is 182 g/mol. The lowest BCUT2D eigenvalue weighted by atomic mass is 10.0. The van der Waals surface area contributed by atoms with Gasteiger partial charge in [0, 0.05) is 13.0 Å². The molecule has 1 N–H and O–H groups in total. The fraction of sp³-hybridized carbons (Fsp3) is 0.400. The second kappa shape index (κ2) is 4.97. The van der Waals surface area contributed by atoms with E-state index in [-0.39, 0.29) is 5.92 Å². The van der Waals surface area contributed by atoms with Gasteiger partial charge in [0.05, 0.1) is 0 Å². The van der Waals surface area contributed by atoms with Crippen molar-refractivity contribution in [2.24, 2.45) is 0 Å². The van der Waals surface area contributed by atoms with Crippen LogP contribution in [0.2, 0.25) is 0 Å². The molecule has 0 aliphatic heterocycles. The average Bonchev–Trinajstić information content (AvgIpc) is 2.21. The zero-order valence-electron chi connectivity index (χ0n) is 7.81. The minimum absolute atomic E-state index is 0.0104. The van der Waals surface area contributed by atoms with Crippen LogP contribution in [0.3, 0.4) is 0 Å². The first-order valence-corrected chi connectivity index (χ1v) is 4.17. The smallest absolute Gasteiger partial charge is 0.197 e. The van der Waals surface area contributed by atoms with Gasteiger partial charge in [0.2, 0.25) is 0 Å². The Hall–Kier alpha value is -0.900. The van der Waals surface area contributed by atoms with Crippen LogP contribution in [0.5, 0.6) is 0 Å². The molecule has 0 saturated carbocycles. The van der Waals surface area contributed by atoms with E-state index in [1.807, 2.05) is 37.3 Å². The van der Waals surface area contributed by atoms with Gasteiger partial charge in [-0.25, -0.2) is 10.1 Å². The Morgan fingerprint density at radius 2 is 1.85 bits per heavy atom. The van der Waals surface area contributed by atoms with Gasteiger partial charge in [-0.05, 0) is 5.56 Å². The van der Waals surface area contributed by atoms with Crippen LogP contribution in [-0.2, 0) is 9.62 Å². The van der Waals surface area contributed by atoms with E-state index < -0.39 is 6.29 Å². The molecule has 2 atom stereocenters. The van der Waals surface area contributed by atoms with Gasteiger partial charge in [0.25, 0.3) is 0 Å². The summed E-state index contributed by atoms with van der Waals surface area (Å²) in [5.74, 6) is 0.0104. The molecule has 3 nitrogen and oxygen atoms in total. The van der Waals surface area contributed by atoms with Crippen LogP contribution in [0, 0.1) is 0 Å². The van der Waals surface area contributed by atoms with E-state index >= 15 is 0 Å². The van der Waals surface area contributed by atoms with Crippen LogP contribution in [0.4, 0.5) is 0 Å². The van der Waals surface area contributed by atoms with Crippen molar-refractivity contribution in [1.29, 1.82) is 0 Å². The maximum Gasteiger partial charge on any atom is 0.197 e. The molecule has 1 aromatic carbocycles. The van der Waals surface area contributed by atoms with Crippen LogP contribution < -0.4 is 0 Å². The molecule has 0 bridgehead atoms. The number of benzene rings is 1. The SMILES string of the molecule is CO[C@@H](OO)[C@@H](C)c1ccccc1. The summed E-state index contributed by atoms with van der Waals surface area (Å²) in [5.41, 5.74) is 1.07. The Morgan fingerprint density at radius 1 is 1.23 bits per heavy atom. The molecule has 1 aromatic rings. The molecule has 13 heavy (non-hydrogen) atoms. The Labute approximate surface area is 77.8 Å². The van der Waals surface area contributed by atoms with Gasteiger partial charge in [-0.1, -0.05) is 37.3 Å². The number of ether oxygens (including phenoxy) is 1. The third kappa shape index (κ3) is 2.52. The zero-order chi connectivity index (χ0) is 9.68. The molecule has 0 aliphatic rings. The molecule has 0 amide bonds. The maximum absolute atomic E-state index is 8.53. The normalized spacial score (nSPS) is 15.3. The van der Waals surface area contributed by atoms with E-state index in [4.69, 9.17) is 9.99 Å². The van der Waals surface area contributed by atoms with Gasteiger partial charge in [-0.15, -0.1) is 0 Å². The van der Waals surface area contributed by atoms with Crippen LogP contribution >= 0.6 is 0 Å². The fourth-order valence-electron chi connectivity index (χ4n) is 1.25. The van der Waals surface area contributed by atoms with E-state index in [0.717, 1.165) is 5.56 Å². The molecular weight excluding hydrogens is 168 g/mol. The number of hydrogen-bond acceptors (Lipinski definition) is 3. The van der Waals surface area contributed by atoms with E-state index in [1.54, 1.807) is 0 Å². The Bertz CT molecular complexity index is 231. The fourth-order valence-corrected chi connectivity index (χ4v) is 1.25. The number of methoxy groups -OCH3 is 1. The van der Waals surface area contributed by atoms with E-state index in [2.05, 4.69) is 4.89 Å². The van der Waals surface area contributed by atoms with Crippen molar-refractivity contribution in [3.8, 4) is 0 Å². The highest BCUT2D eigenvalue weighted by atomic mass is 17.1. The van der Waals surface area contributed by atoms with Gasteiger partial charge in [-0.2, -0.15) is 0 Å². The third-order valence-electron chi connectivity index (χ3n) is 2.07. The molecule has 0 heterocycles. The molecule has 0 saturated heterocycles. The molecule has 3 heteroatoms. The molecule has 0 aromatic heterocycles. The van der Waals surface area contributed by atoms with Crippen molar-refractivity contribution in [1.82, 2.24) is 0 Å². The van der Waals surface area contributed by atoms with Crippen molar-refractivity contribution < 1.29 is 14.9 Å². The highest BCUT2D eigenvalue weighted by molar-refractivity contribution is 5.19. The zero-order valence-corrected chi connectivity index (χ0v) is 7.81. The third-order valence-corrected chi connectivity index (χ3v) is 2.07. The first-order chi connectivity index (χ1) is 6.29. The van der Waals surface area contributed by atoms with Crippen LogP contribution in [0.25, 0.3) is 0 Å². The van der Waals surface area contributed by atoms with Gasteiger partial charge >= 0.3 is 0 Å². The standard InChI is InChI=1S/C10H14O3/c1-8(10(12-2)13-11)9-6-4-3-5-7-9/h3-8,10-11H,1-2H3/t8-,10-/m0/s1. The van der Waals surface area contributed by atoms with Crippen LogP contribution in [-0.4, -0.2) is 18.7 Å². The molecule has 0 fully saturated rings.